The Morgan fingerprint density at radius 1 is 1.12 bits per heavy atom. The summed E-state index contributed by atoms with van der Waals surface area (Å²) >= 11 is 0. The van der Waals surface area contributed by atoms with Gasteiger partial charge in [0.15, 0.2) is 0 Å². The van der Waals surface area contributed by atoms with E-state index in [1.165, 1.54) is 6.07 Å². The highest BCUT2D eigenvalue weighted by Crippen LogP contribution is 2.33. The average molecular weight is 237 g/mol. The quantitative estimate of drug-likeness (QED) is 0.861. The minimum atomic E-state index is -2.48. The summed E-state index contributed by atoms with van der Waals surface area (Å²) < 4.78 is 24.7. The molecule has 0 saturated carbocycles. The van der Waals surface area contributed by atoms with E-state index in [0.717, 1.165) is 10.8 Å². The van der Waals surface area contributed by atoms with Gasteiger partial charge in [-0.1, -0.05) is 30.3 Å². The predicted octanol–water partition coefficient (Wildman–Crippen LogP) is 3.20. The lowest BCUT2D eigenvalue weighted by Gasteiger charge is -2.15. The highest BCUT2D eigenvalue weighted by Gasteiger charge is 2.18. The van der Waals surface area contributed by atoms with Crippen LogP contribution in [-0.4, -0.2) is 11.5 Å². The lowest BCUT2D eigenvalue weighted by atomic mass is 9.96. The van der Waals surface area contributed by atoms with Gasteiger partial charge in [-0.25, -0.2) is 8.78 Å². The normalized spacial score (nSPS) is 13.2. The number of rotatable bonds is 3. The molecule has 2 nitrogen and oxygen atoms in total. The SMILES string of the molecule is N[C@@H](CC(F)F)c1c(O)ccc2ccccc12. The first kappa shape index (κ1) is 11.8. The van der Waals surface area contributed by atoms with E-state index < -0.39 is 18.9 Å². The highest BCUT2D eigenvalue weighted by molar-refractivity contribution is 5.88. The standard InChI is InChI=1S/C13H13F2NO/c14-12(15)7-10(16)13-9-4-2-1-3-8(9)5-6-11(13)17/h1-6,10,12,17H,7,16H2/t10-/m0/s1. The number of hydrogen-bond donors (Lipinski definition) is 2. The third-order valence-corrected chi connectivity index (χ3v) is 2.75. The van der Waals surface area contributed by atoms with Crippen LogP contribution in [0.2, 0.25) is 0 Å². The summed E-state index contributed by atoms with van der Waals surface area (Å²) in [5, 5.41) is 11.4. The minimum absolute atomic E-state index is 0.0307. The molecule has 2 aromatic carbocycles. The van der Waals surface area contributed by atoms with Gasteiger partial charge in [0, 0.05) is 18.0 Å². The number of halogens is 2. The molecule has 0 aliphatic heterocycles. The van der Waals surface area contributed by atoms with Gasteiger partial charge in [-0.05, 0) is 16.8 Å². The Hall–Kier alpha value is -1.68. The molecule has 3 N–H and O–H groups in total. The highest BCUT2D eigenvalue weighted by atomic mass is 19.3. The fourth-order valence-electron chi connectivity index (χ4n) is 1.98. The smallest absolute Gasteiger partial charge is 0.240 e. The van der Waals surface area contributed by atoms with Gasteiger partial charge in [0.2, 0.25) is 6.43 Å². The maximum Gasteiger partial charge on any atom is 0.240 e. The molecule has 0 aliphatic carbocycles. The lowest BCUT2D eigenvalue weighted by Crippen LogP contribution is -2.14. The van der Waals surface area contributed by atoms with Crippen molar-refractivity contribution in [3.8, 4) is 5.75 Å². The number of phenols is 1. The zero-order valence-corrected chi connectivity index (χ0v) is 9.11. The zero-order chi connectivity index (χ0) is 12.4. The van der Waals surface area contributed by atoms with E-state index >= 15 is 0 Å². The van der Waals surface area contributed by atoms with Gasteiger partial charge in [-0.3, -0.25) is 0 Å². The van der Waals surface area contributed by atoms with Crippen molar-refractivity contribution in [2.75, 3.05) is 0 Å². The van der Waals surface area contributed by atoms with Crippen molar-refractivity contribution in [2.45, 2.75) is 18.9 Å². The van der Waals surface area contributed by atoms with Gasteiger partial charge in [0.05, 0.1) is 0 Å². The summed E-state index contributed by atoms with van der Waals surface area (Å²) in [4.78, 5) is 0. The number of phenolic OH excluding ortho intramolecular Hbond substituents is 1. The predicted molar refractivity (Wildman–Crippen MR) is 63.2 cm³/mol. The van der Waals surface area contributed by atoms with Crippen LogP contribution in [0.25, 0.3) is 10.8 Å². The van der Waals surface area contributed by atoms with Crippen molar-refractivity contribution < 1.29 is 13.9 Å². The molecule has 90 valence electrons. The molecule has 0 radical (unpaired) electrons. The maximum absolute atomic E-state index is 12.3. The fraction of sp³-hybridized carbons (Fsp3) is 0.231. The molecule has 17 heavy (non-hydrogen) atoms. The van der Waals surface area contributed by atoms with Crippen molar-refractivity contribution >= 4 is 10.8 Å². The van der Waals surface area contributed by atoms with Crippen LogP contribution < -0.4 is 5.73 Å². The number of benzene rings is 2. The largest absolute Gasteiger partial charge is 0.508 e. The van der Waals surface area contributed by atoms with Gasteiger partial charge in [-0.2, -0.15) is 0 Å². The van der Waals surface area contributed by atoms with E-state index in [-0.39, 0.29) is 5.75 Å². The topological polar surface area (TPSA) is 46.2 Å². The Labute approximate surface area is 97.7 Å². The summed E-state index contributed by atoms with van der Waals surface area (Å²) in [6.45, 7) is 0. The molecular weight excluding hydrogens is 224 g/mol. The van der Waals surface area contributed by atoms with E-state index in [4.69, 9.17) is 5.73 Å². The maximum atomic E-state index is 12.3. The van der Waals surface area contributed by atoms with Crippen molar-refractivity contribution in [1.82, 2.24) is 0 Å². The van der Waals surface area contributed by atoms with Crippen molar-refractivity contribution in [2.24, 2.45) is 5.73 Å². The van der Waals surface area contributed by atoms with Gasteiger partial charge >= 0.3 is 0 Å². The van der Waals surface area contributed by atoms with Gasteiger partial charge in [-0.15, -0.1) is 0 Å². The van der Waals surface area contributed by atoms with E-state index in [1.54, 1.807) is 18.2 Å². The molecule has 2 rings (SSSR count). The number of nitrogens with two attached hydrogens (primary N) is 1. The molecule has 0 spiro atoms. The zero-order valence-electron chi connectivity index (χ0n) is 9.11. The molecule has 0 amide bonds. The number of fused-ring (bicyclic) bond motifs is 1. The first-order valence-electron chi connectivity index (χ1n) is 5.34. The molecule has 0 bridgehead atoms. The van der Waals surface area contributed by atoms with Crippen molar-refractivity contribution in [3.63, 3.8) is 0 Å². The summed E-state index contributed by atoms with van der Waals surface area (Å²) in [5.74, 6) is -0.0307. The van der Waals surface area contributed by atoms with Crippen LogP contribution in [0, 0.1) is 0 Å². The van der Waals surface area contributed by atoms with Crippen LogP contribution in [0.5, 0.6) is 5.75 Å². The van der Waals surface area contributed by atoms with Gasteiger partial charge in [0.1, 0.15) is 5.75 Å². The Morgan fingerprint density at radius 3 is 2.53 bits per heavy atom. The Balaban J connectivity index is 2.54. The second-order valence-electron chi connectivity index (χ2n) is 3.95. The summed E-state index contributed by atoms with van der Waals surface area (Å²) in [7, 11) is 0. The second kappa shape index (κ2) is 4.67. The molecule has 0 fully saturated rings. The third-order valence-electron chi connectivity index (χ3n) is 2.75. The van der Waals surface area contributed by atoms with Crippen LogP contribution in [-0.2, 0) is 0 Å². The Kier molecular flexibility index (Phi) is 3.24. The van der Waals surface area contributed by atoms with E-state index in [9.17, 15) is 13.9 Å². The van der Waals surface area contributed by atoms with E-state index in [1.807, 2.05) is 12.1 Å². The Morgan fingerprint density at radius 2 is 1.82 bits per heavy atom. The monoisotopic (exact) mass is 237 g/mol. The van der Waals surface area contributed by atoms with Gasteiger partial charge < -0.3 is 10.8 Å². The Bertz CT molecular complexity index is 528. The molecule has 0 heterocycles. The molecule has 1 atom stereocenters. The first-order chi connectivity index (χ1) is 8.09. The molecule has 2 aromatic rings. The molecule has 0 unspecified atom stereocenters. The van der Waals surface area contributed by atoms with Crippen LogP contribution in [0.15, 0.2) is 36.4 Å². The minimum Gasteiger partial charge on any atom is -0.508 e. The van der Waals surface area contributed by atoms with Crippen LogP contribution >= 0.6 is 0 Å². The van der Waals surface area contributed by atoms with E-state index in [2.05, 4.69) is 0 Å². The number of alkyl halides is 2. The molecule has 0 aliphatic rings. The number of aromatic hydroxyl groups is 1. The molecule has 0 saturated heterocycles. The number of hydrogen-bond acceptors (Lipinski definition) is 2. The lowest BCUT2D eigenvalue weighted by molar-refractivity contribution is 0.128. The van der Waals surface area contributed by atoms with Crippen LogP contribution in [0.4, 0.5) is 8.78 Å². The van der Waals surface area contributed by atoms with Crippen LogP contribution in [0.3, 0.4) is 0 Å². The fourth-order valence-corrected chi connectivity index (χ4v) is 1.98. The third kappa shape index (κ3) is 2.36. The van der Waals surface area contributed by atoms with Crippen LogP contribution in [0.1, 0.15) is 18.0 Å². The molecule has 4 heteroatoms. The van der Waals surface area contributed by atoms with E-state index in [0.29, 0.717) is 5.56 Å². The second-order valence-corrected chi connectivity index (χ2v) is 3.95. The summed E-state index contributed by atoms with van der Waals surface area (Å²) in [6, 6.07) is 9.64. The average Bonchev–Trinajstić information content (AvgIpc) is 2.27. The molecular formula is C13H13F2NO. The van der Waals surface area contributed by atoms with Crippen molar-refractivity contribution in [1.29, 1.82) is 0 Å². The summed E-state index contributed by atoms with van der Waals surface area (Å²) in [6.07, 6.45) is -2.94. The van der Waals surface area contributed by atoms with Crippen molar-refractivity contribution in [3.05, 3.63) is 42.0 Å². The van der Waals surface area contributed by atoms with Gasteiger partial charge in [0.25, 0.3) is 0 Å². The molecule has 0 aromatic heterocycles. The summed E-state index contributed by atoms with van der Waals surface area (Å²) in [5.41, 5.74) is 6.11. The first-order valence-corrected chi connectivity index (χ1v) is 5.34.